The van der Waals surface area contributed by atoms with Gasteiger partial charge in [0.15, 0.2) is 0 Å². The number of carbonyl (C=O) groups excluding carboxylic acids is 2. The monoisotopic (exact) mass is 500 g/mol. The van der Waals surface area contributed by atoms with Crippen LogP contribution in [0.15, 0.2) is 42.5 Å². The SMILES string of the molecule is CCC(C(=O)NC(C)C)N(Cc1ccc(Cl)cc1)C(=O)CSCc1ccc(Cl)c(Cl)c1. The molecule has 31 heavy (non-hydrogen) atoms. The lowest BCUT2D eigenvalue weighted by atomic mass is 10.1. The quantitative estimate of drug-likeness (QED) is 0.421. The van der Waals surface area contributed by atoms with Crippen LogP contribution in [0, 0.1) is 0 Å². The molecular formula is C23H27Cl3N2O2S. The van der Waals surface area contributed by atoms with E-state index in [-0.39, 0.29) is 23.6 Å². The highest BCUT2D eigenvalue weighted by Crippen LogP contribution is 2.25. The van der Waals surface area contributed by atoms with Gasteiger partial charge < -0.3 is 10.2 Å². The first-order chi connectivity index (χ1) is 14.7. The minimum Gasteiger partial charge on any atom is -0.352 e. The predicted molar refractivity (Wildman–Crippen MR) is 132 cm³/mol. The van der Waals surface area contributed by atoms with Crippen LogP contribution in [-0.4, -0.2) is 34.6 Å². The van der Waals surface area contributed by atoms with E-state index in [1.807, 2.05) is 39.0 Å². The fourth-order valence-electron chi connectivity index (χ4n) is 3.06. The minimum absolute atomic E-state index is 0.00179. The molecule has 168 valence electrons. The largest absolute Gasteiger partial charge is 0.352 e. The zero-order valence-electron chi connectivity index (χ0n) is 17.8. The van der Waals surface area contributed by atoms with E-state index in [2.05, 4.69) is 5.32 Å². The van der Waals surface area contributed by atoms with Crippen LogP contribution >= 0.6 is 46.6 Å². The summed E-state index contributed by atoms with van der Waals surface area (Å²) in [6.45, 7) is 6.06. The third kappa shape index (κ3) is 8.23. The number of halogens is 3. The van der Waals surface area contributed by atoms with Gasteiger partial charge in [0.25, 0.3) is 0 Å². The van der Waals surface area contributed by atoms with Crippen LogP contribution in [-0.2, 0) is 21.9 Å². The second kappa shape index (κ2) is 12.6. The van der Waals surface area contributed by atoms with Crippen molar-refractivity contribution < 1.29 is 9.59 Å². The molecule has 0 saturated heterocycles. The van der Waals surface area contributed by atoms with Crippen LogP contribution in [0.3, 0.4) is 0 Å². The van der Waals surface area contributed by atoms with Crippen LogP contribution in [0.2, 0.25) is 15.1 Å². The Kier molecular flexibility index (Phi) is 10.5. The number of thioether (sulfide) groups is 1. The number of rotatable bonds is 10. The van der Waals surface area contributed by atoms with E-state index in [1.54, 1.807) is 29.2 Å². The molecule has 2 rings (SSSR count). The molecule has 0 radical (unpaired) electrons. The third-order valence-corrected chi connectivity index (χ3v) is 6.54. The molecule has 0 fully saturated rings. The smallest absolute Gasteiger partial charge is 0.243 e. The van der Waals surface area contributed by atoms with Gasteiger partial charge in [-0.15, -0.1) is 11.8 Å². The average molecular weight is 502 g/mol. The summed E-state index contributed by atoms with van der Waals surface area (Å²) in [4.78, 5) is 27.6. The molecule has 0 aliphatic rings. The van der Waals surface area contributed by atoms with Crippen molar-refractivity contribution in [2.45, 2.75) is 51.6 Å². The second-order valence-corrected chi connectivity index (χ2v) is 9.71. The molecule has 0 saturated carbocycles. The van der Waals surface area contributed by atoms with E-state index in [9.17, 15) is 9.59 Å². The molecular weight excluding hydrogens is 475 g/mol. The van der Waals surface area contributed by atoms with Crippen molar-refractivity contribution in [3.8, 4) is 0 Å². The molecule has 2 aromatic carbocycles. The molecule has 0 spiro atoms. The Morgan fingerprint density at radius 2 is 1.65 bits per heavy atom. The van der Waals surface area contributed by atoms with Crippen LogP contribution in [0.25, 0.3) is 0 Å². The summed E-state index contributed by atoms with van der Waals surface area (Å²) in [5.74, 6) is 0.631. The Morgan fingerprint density at radius 3 is 2.23 bits per heavy atom. The van der Waals surface area contributed by atoms with E-state index in [0.717, 1.165) is 11.1 Å². The van der Waals surface area contributed by atoms with Gasteiger partial charge in [0, 0.05) is 23.4 Å². The molecule has 1 N–H and O–H groups in total. The summed E-state index contributed by atoms with van der Waals surface area (Å²) in [6.07, 6.45) is 0.523. The van der Waals surface area contributed by atoms with E-state index in [4.69, 9.17) is 34.8 Å². The predicted octanol–water partition coefficient (Wildman–Crippen LogP) is 6.21. The molecule has 0 aromatic heterocycles. The molecule has 1 unspecified atom stereocenters. The van der Waals surface area contributed by atoms with Crippen molar-refractivity contribution in [2.75, 3.05) is 5.75 Å². The molecule has 1 atom stereocenters. The van der Waals surface area contributed by atoms with Gasteiger partial charge in [-0.2, -0.15) is 0 Å². The Morgan fingerprint density at radius 1 is 1.00 bits per heavy atom. The fraction of sp³-hybridized carbons (Fsp3) is 0.391. The highest BCUT2D eigenvalue weighted by Gasteiger charge is 2.28. The number of benzene rings is 2. The van der Waals surface area contributed by atoms with Crippen molar-refractivity contribution in [2.24, 2.45) is 0 Å². The first-order valence-electron chi connectivity index (χ1n) is 10.1. The van der Waals surface area contributed by atoms with Crippen molar-refractivity contribution >= 4 is 58.4 Å². The number of nitrogens with one attached hydrogen (secondary N) is 1. The maximum atomic E-state index is 13.2. The molecule has 0 aliphatic carbocycles. The van der Waals surface area contributed by atoms with Gasteiger partial charge in [0.1, 0.15) is 6.04 Å². The first-order valence-corrected chi connectivity index (χ1v) is 12.4. The van der Waals surface area contributed by atoms with E-state index in [1.165, 1.54) is 11.8 Å². The molecule has 0 heterocycles. The highest BCUT2D eigenvalue weighted by molar-refractivity contribution is 7.99. The Balaban J connectivity index is 2.12. The number of carbonyl (C=O) groups is 2. The van der Waals surface area contributed by atoms with Gasteiger partial charge in [0.05, 0.1) is 15.8 Å². The molecule has 0 aliphatic heterocycles. The molecule has 0 bridgehead atoms. The summed E-state index contributed by atoms with van der Waals surface area (Å²) < 4.78 is 0. The van der Waals surface area contributed by atoms with Crippen molar-refractivity contribution in [3.63, 3.8) is 0 Å². The number of amides is 2. The van der Waals surface area contributed by atoms with Crippen molar-refractivity contribution in [3.05, 3.63) is 68.7 Å². The van der Waals surface area contributed by atoms with Gasteiger partial charge >= 0.3 is 0 Å². The van der Waals surface area contributed by atoms with Crippen LogP contribution in [0.5, 0.6) is 0 Å². The van der Waals surface area contributed by atoms with Crippen LogP contribution in [0.1, 0.15) is 38.3 Å². The van der Waals surface area contributed by atoms with E-state index < -0.39 is 6.04 Å². The summed E-state index contributed by atoms with van der Waals surface area (Å²) in [5.41, 5.74) is 1.91. The highest BCUT2D eigenvalue weighted by atomic mass is 35.5. The molecule has 4 nitrogen and oxygen atoms in total. The lowest BCUT2D eigenvalue weighted by Crippen LogP contribution is -2.50. The zero-order chi connectivity index (χ0) is 23.0. The third-order valence-electron chi connectivity index (χ3n) is 4.56. The van der Waals surface area contributed by atoms with Crippen LogP contribution < -0.4 is 5.32 Å². The maximum absolute atomic E-state index is 13.2. The fourth-order valence-corrected chi connectivity index (χ4v) is 4.36. The first kappa shape index (κ1) is 25.9. The maximum Gasteiger partial charge on any atom is 0.243 e. The summed E-state index contributed by atoms with van der Waals surface area (Å²) in [7, 11) is 0. The lowest BCUT2D eigenvalue weighted by Gasteiger charge is -2.31. The number of hydrogen-bond donors (Lipinski definition) is 1. The summed E-state index contributed by atoms with van der Waals surface area (Å²) in [6, 6.07) is 12.2. The summed E-state index contributed by atoms with van der Waals surface area (Å²) >= 11 is 19.5. The van der Waals surface area contributed by atoms with Gasteiger partial charge in [-0.25, -0.2) is 0 Å². The number of hydrogen-bond acceptors (Lipinski definition) is 3. The normalized spacial score (nSPS) is 12.0. The van der Waals surface area contributed by atoms with Gasteiger partial charge in [-0.3, -0.25) is 9.59 Å². The van der Waals surface area contributed by atoms with Crippen molar-refractivity contribution in [1.82, 2.24) is 10.2 Å². The lowest BCUT2D eigenvalue weighted by molar-refractivity contribution is -0.139. The second-order valence-electron chi connectivity index (χ2n) is 7.48. The van der Waals surface area contributed by atoms with E-state index in [0.29, 0.717) is 33.8 Å². The standard InChI is InChI=1S/C23H27Cl3N2O2S/c1-4-21(23(30)27-15(2)3)28(12-16-5-8-18(24)9-6-16)22(29)14-31-13-17-7-10-19(25)20(26)11-17/h5-11,15,21H,4,12-14H2,1-3H3,(H,27,30). The van der Waals surface area contributed by atoms with Gasteiger partial charge in [-0.05, 0) is 55.7 Å². The van der Waals surface area contributed by atoms with Crippen LogP contribution in [0.4, 0.5) is 0 Å². The van der Waals surface area contributed by atoms with Gasteiger partial charge in [0.2, 0.25) is 11.8 Å². The Hall–Kier alpha value is -1.40. The Bertz CT molecular complexity index is 891. The number of nitrogens with zero attached hydrogens (tertiary/aromatic N) is 1. The summed E-state index contributed by atoms with van der Waals surface area (Å²) in [5, 5.41) is 4.55. The van der Waals surface area contributed by atoms with E-state index >= 15 is 0 Å². The minimum atomic E-state index is -0.545. The van der Waals surface area contributed by atoms with Crippen molar-refractivity contribution in [1.29, 1.82) is 0 Å². The Labute approximate surface area is 203 Å². The average Bonchev–Trinajstić information content (AvgIpc) is 2.71. The zero-order valence-corrected chi connectivity index (χ0v) is 20.9. The molecule has 2 aromatic rings. The molecule has 2 amide bonds. The van der Waals surface area contributed by atoms with Gasteiger partial charge in [-0.1, -0.05) is 59.9 Å². The molecule has 8 heteroatoms. The topological polar surface area (TPSA) is 49.4 Å².